The van der Waals surface area contributed by atoms with Crippen LogP contribution in [0.15, 0.2) is 78.9 Å². The summed E-state index contributed by atoms with van der Waals surface area (Å²) in [6, 6.07) is 23.1. The number of aromatic hydroxyl groups is 2. The number of para-hydroxylation sites is 1. The molecule has 24 heavy (non-hydrogen) atoms. The Hall–Kier alpha value is -2.98. The zero-order valence-electron chi connectivity index (χ0n) is 13.0. The van der Waals surface area contributed by atoms with Crippen molar-refractivity contribution in [2.24, 2.45) is 0 Å². The standard InChI is InChI=1S/C20H19NO3/c22-16-11-12-18(23)17(13-16)19(14-7-3-1-4-8-14)20(24)21-15-9-5-2-6-10-15/h1-13,19-24H. The third kappa shape index (κ3) is 3.50. The molecule has 0 bridgehead atoms. The van der Waals surface area contributed by atoms with Crippen molar-refractivity contribution in [2.45, 2.75) is 12.1 Å². The first-order valence-corrected chi connectivity index (χ1v) is 7.71. The van der Waals surface area contributed by atoms with Crippen LogP contribution in [0.2, 0.25) is 0 Å². The van der Waals surface area contributed by atoms with Crippen molar-refractivity contribution in [3.05, 3.63) is 90.0 Å². The van der Waals surface area contributed by atoms with Crippen molar-refractivity contribution < 1.29 is 15.3 Å². The van der Waals surface area contributed by atoms with Crippen LogP contribution in [0.1, 0.15) is 17.0 Å². The van der Waals surface area contributed by atoms with E-state index >= 15 is 0 Å². The lowest BCUT2D eigenvalue weighted by molar-refractivity contribution is 0.183. The predicted octanol–water partition coefficient (Wildman–Crippen LogP) is 3.66. The summed E-state index contributed by atoms with van der Waals surface area (Å²) in [4.78, 5) is 0. The van der Waals surface area contributed by atoms with Gasteiger partial charge in [0.2, 0.25) is 0 Å². The van der Waals surface area contributed by atoms with Gasteiger partial charge in [-0.1, -0.05) is 48.5 Å². The number of hydrogen-bond acceptors (Lipinski definition) is 4. The van der Waals surface area contributed by atoms with Crippen LogP contribution in [-0.4, -0.2) is 21.5 Å². The molecule has 0 aromatic heterocycles. The molecule has 0 radical (unpaired) electrons. The lowest BCUT2D eigenvalue weighted by Crippen LogP contribution is -2.28. The second-order valence-electron chi connectivity index (χ2n) is 5.59. The van der Waals surface area contributed by atoms with Gasteiger partial charge in [0, 0.05) is 11.3 Å². The highest BCUT2D eigenvalue weighted by Gasteiger charge is 2.26. The molecule has 0 fully saturated rings. The van der Waals surface area contributed by atoms with Gasteiger partial charge in [0.15, 0.2) is 0 Å². The fourth-order valence-corrected chi connectivity index (χ4v) is 2.77. The van der Waals surface area contributed by atoms with Gasteiger partial charge in [-0.25, -0.2) is 0 Å². The summed E-state index contributed by atoms with van der Waals surface area (Å²) in [5.74, 6) is -0.482. The molecule has 0 aliphatic carbocycles. The van der Waals surface area contributed by atoms with E-state index in [-0.39, 0.29) is 11.5 Å². The van der Waals surface area contributed by atoms with E-state index in [2.05, 4.69) is 5.32 Å². The van der Waals surface area contributed by atoms with Crippen LogP contribution in [0, 0.1) is 0 Å². The van der Waals surface area contributed by atoms with Crippen molar-refractivity contribution in [1.82, 2.24) is 0 Å². The number of phenolic OH excluding ortho intramolecular Hbond substituents is 2. The van der Waals surface area contributed by atoms with Crippen LogP contribution >= 0.6 is 0 Å². The third-order valence-electron chi connectivity index (χ3n) is 3.91. The summed E-state index contributed by atoms with van der Waals surface area (Å²) in [7, 11) is 0. The van der Waals surface area contributed by atoms with Gasteiger partial charge in [-0.3, -0.25) is 0 Å². The Labute approximate surface area is 140 Å². The fourth-order valence-electron chi connectivity index (χ4n) is 2.77. The summed E-state index contributed by atoms with van der Waals surface area (Å²) in [5.41, 5.74) is 2.05. The molecule has 2 unspecified atom stereocenters. The Balaban J connectivity index is 2.00. The van der Waals surface area contributed by atoms with E-state index < -0.39 is 12.1 Å². The van der Waals surface area contributed by atoms with Crippen molar-refractivity contribution in [3.8, 4) is 11.5 Å². The van der Waals surface area contributed by atoms with Crippen molar-refractivity contribution in [2.75, 3.05) is 5.32 Å². The average Bonchev–Trinajstić information content (AvgIpc) is 2.60. The second kappa shape index (κ2) is 7.06. The summed E-state index contributed by atoms with van der Waals surface area (Å²) >= 11 is 0. The maximum absolute atomic E-state index is 10.8. The highest BCUT2D eigenvalue weighted by Crippen LogP contribution is 2.36. The molecule has 122 valence electrons. The summed E-state index contributed by atoms with van der Waals surface area (Å²) in [5, 5.41) is 33.9. The van der Waals surface area contributed by atoms with Gasteiger partial charge in [-0.15, -0.1) is 0 Å². The molecule has 4 N–H and O–H groups in total. The number of phenols is 2. The predicted molar refractivity (Wildman–Crippen MR) is 94.1 cm³/mol. The number of nitrogens with one attached hydrogen (secondary N) is 1. The minimum absolute atomic E-state index is 0.0237. The number of hydrogen-bond donors (Lipinski definition) is 4. The summed E-state index contributed by atoms with van der Waals surface area (Å²) in [6.07, 6.45) is -0.984. The average molecular weight is 321 g/mol. The lowest BCUT2D eigenvalue weighted by atomic mass is 9.88. The molecule has 4 heteroatoms. The molecule has 3 rings (SSSR count). The Morgan fingerprint density at radius 2 is 1.38 bits per heavy atom. The molecule has 0 amide bonds. The van der Waals surface area contributed by atoms with Crippen molar-refractivity contribution in [1.29, 1.82) is 0 Å². The topological polar surface area (TPSA) is 72.7 Å². The van der Waals surface area contributed by atoms with Gasteiger partial charge in [-0.05, 0) is 35.9 Å². The maximum Gasteiger partial charge on any atom is 0.135 e. The number of anilines is 1. The van der Waals surface area contributed by atoms with Gasteiger partial charge in [-0.2, -0.15) is 0 Å². The SMILES string of the molecule is Oc1ccc(O)c(C(c2ccccc2)C(O)Nc2ccccc2)c1. The third-order valence-corrected chi connectivity index (χ3v) is 3.91. The van der Waals surface area contributed by atoms with E-state index in [1.54, 1.807) is 0 Å². The maximum atomic E-state index is 10.8. The summed E-state index contributed by atoms with van der Waals surface area (Å²) in [6.45, 7) is 0. The number of benzene rings is 3. The molecule has 0 aliphatic rings. The Morgan fingerprint density at radius 1 is 0.750 bits per heavy atom. The second-order valence-corrected chi connectivity index (χ2v) is 5.59. The largest absolute Gasteiger partial charge is 0.508 e. The summed E-state index contributed by atoms with van der Waals surface area (Å²) < 4.78 is 0. The van der Waals surface area contributed by atoms with E-state index in [0.29, 0.717) is 5.56 Å². The van der Waals surface area contributed by atoms with Crippen LogP contribution in [0.4, 0.5) is 5.69 Å². The highest BCUT2D eigenvalue weighted by atomic mass is 16.3. The van der Waals surface area contributed by atoms with Gasteiger partial charge < -0.3 is 20.6 Å². The Kier molecular flexibility index (Phi) is 4.68. The van der Waals surface area contributed by atoms with E-state index in [4.69, 9.17) is 0 Å². The van der Waals surface area contributed by atoms with Crippen molar-refractivity contribution >= 4 is 5.69 Å². The van der Waals surface area contributed by atoms with E-state index in [1.807, 2.05) is 60.7 Å². The van der Waals surface area contributed by atoms with Gasteiger partial charge in [0.25, 0.3) is 0 Å². The molecule has 0 saturated heterocycles. The molecule has 3 aromatic rings. The zero-order chi connectivity index (χ0) is 16.9. The van der Waals surface area contributed by atoms with E-state index in [1.165, 1.54) is 18.2 Å². The van der Waals surface area contributed by atoms with Crippen LogP contribution in [0.5, 0.6) is 11.5 Å². The number of aliphatic hydroxyl groups excluding tert-OH is 1. The number of aliphatic hydroxyl groups is 1. The molecule has 0 spiro atoms. The molecule has 2 atom stereocenters. The van der Waals surface area contributed by atoms with E-state index in [9.17, 15) is 15.3 Å². The molecular formula is C20H19NO3. The highest BCUT2D eigenvalue weighted by molar-refractivity contribution is 5.49. The van der Waals surface area contributed by atoms with Crippen LogP contribution < -0.4 is 5.32 Å². The van der Waals surface area contributed by atoms with Crippen molar-refractivity contribution in [3.63, 3.8) is 0 Å². The molecule has 4 nitrogen and oxygen atoms in total. The Bertz CT molecular complexity index is 790. The van der Waals surface area contributed by atoms with Gasteiger partial charge in [0.1, 0.15) is 17.7 Å². The first-order valence-electron chi connectivity index (χ1n) is 7.71. The Morgan fingerprint density at radius 3 is 2.04 bits per heavy atom. The van der Waals surface area contributed by atoms with Crippen LogP contribution in [0.3, 0.4) is 0 Å². The minimum Gasteiger partial charge on any atom is -0.508 e. The monoisotopic (exact) mass is 321 g/mol. The fraction of sp³-hybridized carbons (Fsp3) is 0.100. The molecule has 0 aliphatic heterocycles. The van der Waals surface area contributed by atoms with E-state index in [0.717, 1.165) is 11.3 Å². The lowest BCUT2D eigenvalue weighted by Gasteiger charge is -2.26. The molecule has 3 aromatic carbocycles. The van der Waals surface area contributed by atoms with Gasteiger partial charge >= 0.3 is 0 Å². The first kappa shape index (κ1) is 15.9. The van der Waals surface area contributed by atoms with Gasteiger partial charge in [0.05, 0.1) is 5.92 Å². The van der Waals surface area contributed by atoms with Crippen LogP contribution in [0.25, 0.3) is 0 Å². The number of rotatable bonds is 5. The minimum atomic E-state index is -0.984. The normalized spacial score (nSPS) is 13.2. The molecule has 0 heterocycles. The zero-order valence-corrected chi connectivity index (χ0v) is 13.0. The first-order chi connectivity index (χ1) is 11.6. The molecule has 0 saturated carbocycles. The smallest absolute Gasteiger partial charge is 0.135 e. The van der Waals surface area contributed by atoms with Crippen LogP contribution in [-0.2, 0) is 0 Å². The molecular weight excluding hydrogens is 302 g/mol. The quantitative estimate of drug-likeness (QED) is 0.427.